The van der Waals surface area contributed by atoms with E-state index in [4.69, 9.17) is 9.15 Å². The highest BCUT2D eigenvalue weighted by molar-refractivity contribution is 6.11. The van der Waals surface area contributed by atoms with Crippen LogP contribution in [-0.4, -0.2) is 48.7 Å². The lowest BCUT2D eigenvalue weighted by atomic mass is 10.00. The predicted octanol–water partition coefficient (Wildman–Crippen LogP) is 4.34. The summed E-state index contributed by atoms with van der Waals surface area (Å²) in [5.74, 6) is 0.577. The minimum absolute atomic E-state index is 0.0846. The van der Waals surface area contributed by atoms with Crippen LogP contribution in [0.15, 0.2) is 53.2 Å². The number of aromatic nitrogens is 2. The zero-order valence-corrected chi connectivity index (χ0v) is 20.1. The van der Waals surface area contributed by atoms with Gasteiger partial charge in [0, 0.05) is 74.9 Å². The number of hydrogen-bond donors (Lipinski definition) is 2. The Labute approximate surface area is 202 Å². The highest BCUT2D eigenvalue weighted by Gasteiger charge is 2.29. The first-order valence-corrected chi connectivity index (χ1v) is 11.5. The minimum Gasteiger partial charge on any atom is -0.455 e. The van der Waals surface area contributed by atoms with E-state index in [1.54, 1.807) is 25.4 Å². The fraction of sp³-hybridized carbons (Fsp3) is 0.308. The molecular formula is C26H28FN5O3. The molecule has 5 rings (SSSR count). The van der Waals surface area contributed by atoms with Gasteiger partial charge in [-0.15, -0.1) is 0 Å². The van der Waals surface area contributed by atoms with Crippen LogP contribution in [0.25, 0.3) is 22.3 Å². The smallest absolute Gasteiger partial charge is 0.255 e. The summed E-state index contributed by atoms with van der Waals surface area (Å²) in [7, 11) is 5.54. The quantitative estimate of drug-likeness (QED) is 0.445. The van der Waals surface area contributed by atoms with Crippen molar-refractivity contribution in [2.75, 3.05) is 37.4 Å². The number of amides is 1. The Bertz CT molecular complexity index is 1380. The molecule has 1 amide bonds. The zero-order chi connectivity index (χ0) is 24.7. The van der Waals surface area contributed by atoms with Gasteiger partial charge in [0.15, 0.2) is 0 Å². The number of furan rings is 1. The average molecular weight is 478 g/mol. The van der Waals surface area contributed by atoms with Gasteiger partial charge in [0.05, 0.1) is 17.8 Å². The first-order valence-electron chi connectivity index (χ1n) is 11.5. The summed E-state index contributed by atoms with van der Waals surface area (Å²) >= 11 is 0. The summed E-state index contributed by atoms with van der Waals surface area (Å²) in [4.78, 5) is 19.4. The molecule has 182 valence electrons. The van der Waals surface area contributed by atoms with E-state index in [0.717, 1.165) is 17.2 Å². The lowest BCUT2D eigenvalue weighted by Gasteiger charge is -2.23. The number of hydrogen-bond acceptors (Lipinski definition) is 6. The fourth-order valence-electron chi connectivity index (χ4n) is 4.62. The third-order valence-corrected chi connectivity index (χ3v) is 6.43. The molecule has 0 saturated carbocycles. The largest absolute Gasteiger partial charge is 0.455 e. The Kier molecular flexibility index (Phi) is 5.94. The number of benzene rings is 2. The third kappa shape index (κ3) is 4.23. The molecule has 0 saturated heterocycles. The highest BCUT2D eigenvalue weighted by atomic mass is 19.1. The third-order valence-electron chi connectivity index (χ3n) is 6.43. The van der Waals surface area contributed by atoms with Crippen molar-refractivity contribution in [2.45, 2.75) is 19.1 Å². The van der Waals surface area contributed by atoms with E-state index in [1.807, 2.05) is 43.9 Å². The van der Waals surface area contributed by atoms with Crippen molar-refractivity contribution in [2.24, 2.45) is 7.05 Å². The molecule has 0 radical (unpaired) electrons. The Morgan fingerprint density at radius 3 is 2.69 bits per heavy atom. The van der Waals surface area contributed by atoms with Gasteiger partial charge in [-0.05, 0) is 37.3 Å². The number of rotatable bonds is 5. The normalized spacial score (nSPS) is 17.8. The monoisotopic (exact) mass is 477 g/mol. The van der Waals surface area contributed by atoms with Gasteiger partial charge in [0.25, 0.3) is 5.91 Å². The van der Waals surface area contributed by atoms with Crippen molar-refractivity contribution in [1.29, 1.82) is 0 Å². The fourth-order valence-corrected chi connectivity index (χ4v) is 4.62. The maximum absolute atomic E-state index is 13.5. The van der Waals surface area contributed by atoms with E-state index < -0.39 is 0 Å². The molecule has 0 aliphatic carbocycles. The second-order valence-corrected chi connectivity index (χ2v) is 8.82. The lowest BCUT2D eigenvalue weighted by molar-refractivity contribution is 0.0134. The van der Waals surface area contributed by atoms with Gasteiger partial charge < -0.3 is 29.3 Å². The van der Waals surface area contributed by atoms with Gasteiger partial charge in [-0.3, -0.25) is 4.79 Å². The Morgan fingerprint density at radius 2 is 2.00 bits per heavy atom. The SMILES string of the molecule is CNC(=O)c1c(-c2ccc(F)cc2)oc2cc3c(cc12)[C@H](C)O[C@H](CNc1nccn1C)CN3C. The van der Waals surface area contributed by atoms with E-state index >= 15 is 0 Å². The zero-order valence-electron chi connectivity index (χ0n) is 20.1. The highest BCUT2D eigenvalue weighted by Crippen LogP contribution is 2.41. The van der Waals surface area contributed by atoms with Gasteiger partial charge >= 0.3 is 0 Å². The molecule has 9 heteroatoms. The standard InChI is InChI=1S/C26H28FN5O3/c1-15-19-11-20-22(35-24(23(20)25(33)28-2)16-5-7-17(27)8-6-16)12-21(19)32(4)14-18(34-15)13-30-26-29-9-10-31(26)3/h5-12,15,18H,13-14H2,1-4H3,(H,28,33)(H,29,30)/t15-,18+/m0/s1. The van der Waals surface area contributed by atoms with Crippen LogP contribution in [0.4, 0.5) is 16.0 Å². The summed E-state index contributed by atoms with van der Waals surface area (Å²) in [6, 6.07) is 9.87. The summed E-state index contributed by atoms with van der Waals surface area (Å²) in [5.41, 5.74) is 3.59. The summed E-state index contributed by atoms with van der Waals surface area (Å²) in [5, 5.41) is 6.74. The van der Waals surface area contributed by atoms with E-state index in [0.29, 0.717) is 40.9 Å². The maximum Gasteiger partial charge on any atom is 0.255 e. The van der Waals surface area contributed by atoms with Crippen LogP contribution in [0.2, 0.25) is 0 Å². The Hall–Kier alpha value is -3.85. The van der Waals surface area contributed by atoms with Crippen LogP contribution in [0.3, 0.4) is 0 Å². The van der Waals surface area contributed by atoms with E-state index in [2.05, 4.69) is 20.5 Å². The van der Waals surface area contributed by atoms with Gasteiger partial charge in [-0.2, -0.15) is 0 Å². The van der Waals surface area contributed by atoms with Crippen molar-refractivity contribution in [3.63, 3.8) is 0 Å². The number of fused-ring (bicyclic) bond motifs is 2. The maximum atomic E-state index is 13.5. The molecule has 35 heavy (non-hydrogen) atoms. The number of halogens is 1. The molecule has 0 bridgehead atoms. The summed E-state index contributed by atoms with van der Waals surface area (Å²) in [6.07, 6.45) is 3.34. The summed E-state index contributed by atoms with van der Waals surface area (Å²) in [6.45, 7) is 3.27. The van der Waals surface area contributed by atoms with Crippen LogP contribution in [0, 0.1) is 5.82 Å². The van der Waals surface area contributed by atoms with Crippen molar-refractivity contribution in [3.05, 3.63) is 65.7 Å². The van der Waals surface area contributed by atoms with Gasteiger partial charge in [0.2, 0.25) is 5.95 Å². The number of imidazole rings is 1. The van der Waals surface area contributed by atoms with Crippen LogP contribution < -0.4 is 15.5 Å². The second kappa shape index (κ2) is 9.07. The molecule has 1 aliphatic heterocycles. The minimum atomic E-state index is -0.349. The number of carbonyl (C=O) groups excluding carboxylic acids is 1. The molecule has 4 aromatic rings. The van der Waals surface area contributed by atoms with E-state index in [-0.39, 0.29) is 23.9 Å². The van der Waals surface area contributed by atoms with Crippen molar-refractivity contribution >= 4 is 28.5 Å². The summed E-state index contributed by atoms with van der Waals surface area (Å²) < 4.78 is 28.0. The molecule has 3 heterocycles. The van der Waals surface area contributed by atoms with Crippen LogP contribution in [0.1, 0.15) is 28.9 Å². The first kappa shape index (κ1) is 22.9. The van der Waals surface area contributed by atoms with E-state index in [9.17, 15) is 9.18 Å². The topological polar surface area (TPSA) is 84.6 Å². The molecule has 2 aromatic heterocycles. The van der Waals surface area contributed by atoms with Gasteiger partial charge in [-0.25, -0.2) is 9.37 Å². The van der Waals surface area contributed by atoms with Gasteiger partial charge in [0.1, 0.15) is 17.2 Å². The van der Waals surface area contributed by atoms with Crippen LogP contribution >= 0.6 is 0 Å². The molecule has 2 N–H and O–H groups in total. The number of ether oxygens (including phenoxy) is 1. The van der Waals surface area contributed by atoms with Crippen LogP contribution in [0.5, 0.6) is 0 Å². The second-order valence-electron chi connectivity index (χ2n) is 8.82. The number of carbonyl (C=O) groups is 1. The number of aryl methyl sites for hydroxylation is 1. The molecule has 2 atom stereocenters. The number of nitrogens with one attached hydrogen (secondary N) is 2. The number of nitrogens with zero attached hydrogens (tertiary/aromatic N) is 3. The Balaban J connectivity index is 1.52. The van der Waals surface area contributed by atoms with Crippen LogP contribution in [-0.2, 0) is 11.8 Å². The molecule has 2 aromatic carbocycles. The predicted molar refractivity (Wildman–Crippen MR) is 133 cm³/mol. The van der Waals surface area contributed by atoms with Crippen molar-refractivity contribution in [3.8, 4) is 11.3 Å². The molecule has 0 unspecified atom stereocenters. The van der Waals surface area contributed by atoms with E-state index in [1.165, 1.54) is 12.1 Å². The van der Waals surface area contributed by atoms with Crippen molar-refractivity contribution < 1.29 is 18.3 Å². The molecule has 0 spiro atoms. The molecule has 8 nitrogen and oxygen atoms in total. The molecular weight excluding hydrogens is 449 g/mol. The Morgan fingerprint density at radius 1 is 1.23 bits per heavy atom. The number of anilines is 2. The number of likely N-dealkylation sites (N-methyl/N-ethyl adjacent to an activating group) is 1. The molecule has 0 fully saturated rings. The first-order chi connectivity index (χ1) is 16.9. The van der Waals surface area contributed by atoms with Gasteiger partial charge in [-0.1, -0.05) is 0 Å². The molecule has 1 aliphatic rings. The average Bonchev–Trinajstić information content (AvgIpc) is 3.41. The lowest BCUT2D eigenvalue weighted by Crippen LogP contribution is -2.34. The van der Waals surface area contributed by atoms with Crippen molar-refractivity contribution in [1.82, 2.24) is 14.9 Å².